The number of rotatable bonds is 9. The minimum Gasteiger partial charge on any atom is -0.367 e. The molecular weight excluding hydrogens is 503 g/mol. The third kappa shape index (κ3) is 6.32. The molecule has 1 heterocycles. The molecule has 1 aromatic heterocycles. The van der Waals surface area contributed by atoms with Crippen molar-refractivity contribution in [1.29, 1.82) is 0 Å². The summed E-state index contributed by atoms with van der Waals surface area (Å²) < 4.78 is 67.4. The normalized spacial score (nSPS) is 20.6. The Balaban J connectivity index is 1.14. The summed E-state index contributed by atoms with van der Waals surface area (Å²) in [6.45, 7) is 0.831. The van der Waals surface area contributed by atoms with E-state index >= 15 is 0 Å². The van der Waals surface area contributed by atoms with Gasteiger partial charge in [-0.3, -0.25) is 0 Å². The Morgan fingerprint density at radius 3 is 2.19 bits per heavy atom. The molecular formula is C26H30F3N5O2S. The van der Waals surface area contributed by atoms with Gasteiger partial charge in [0.2, 0.25) is 16.0 Å². The number of anilines is 2. The van der Waals surface area contributed by atoms with E-state index in [0.29, 0.717) is 24.5 Å². The predicted octanol–water partition coefficient (Wildman–Crippen LogP) is 5.42. The Bertz CT molecular complexity index is 1350. The van der Waals surface area contributed by atoms with E-state index in [1.807, 2.05) is 24.3 Å². The van der Waals surface area contributed by atoms with Gasteiger partial charge < -0.3 is 10.6 Å². The Kier molecular flexibility index (Phi) is 7.26. The summed E-state index contributed by atoms with van der Waals surface area (Å²) in [5.74, 6) is 1.89. The van der Waals surface area contributed by atoms with Crippen molar-refractivity contribution in [2.24, 2.45) is 11.8 Å². The Hall–Kier alpha value is -2.92. The number of nitrogens with zero attached hydrogens (tertiary/aromatic N) is 2. The molecule has 3 N–H and O–H groups in total. The molecule has 7 nitrogen and oxygen atoms in total. The molecule has 0 bridgehead atoms. The molecule has 2 aliphatic rings. The van der Waals surface area contributed by atoms with Crippen LogP contribution in [0.4, 0.5) is 24.9 Å². The van der Waals surface area contributed by atoms with E-state index in [0.717, 1.165) is 67.4 Å². The minimum atomic E-state index is -4.74. The fourth-order valence-electron chi connectivity index (χ4n) is 4.80. The van der Waals surface area contributed by atoms with Gasteiger partial charge in [0.05, 0.1) is 16.0 Å². The van der Waals surface area contributed by atoms with Crippen LogP contribution in [0.15, 0.2) is 53.4 Å². The maximum Gasteiger partial charge on any atom is 0.417 e. The number of nitrogens with one attached hydrogen (secondary N) is 3. The van der Waals surface area contributed by atoms with Crippen LogP contribution in [0.3, 0.4) is 0 Å². The highest BCUT2D eigenvalue weighted by Crippen LogP contribution is 2.35. The summed E-state index contributed by atoms with van der Waals surface area (Å²) in [6, 6.07) is 12.7. The molecule has 0 unspecified atom stereocenters. The maximum absolute atomic E-state index is 13.3. The van der Waals surface area contributed by atoms with Gasteiger partial charge in [0.15, 0.2) is 0 Å². The summed E-state index contributed by atoms with van der Waals surface area (Å²) in [4.78, 5) is 8.62. The second-order valence-corrected chi connectivity index (χ2v) is 11.7. The molecule has 0 radical (unpaired) electrons. The van der Waals surface area contributed by atoms with Gasteiger partial charge >= 0.3 is 6.18 Å². The highest BCUT2D eigenvalue weighted by Gasteiger charge is 2.37. The molecule has 3 aromatic rings. The van der Waals surface area contributed by atoms with Crippen LogP contribution in [-0.4, -0.2) is 37.5 Å². The average Bonchev–Trinajstić information content (AvgIpc) is 3.70. The lowest BCUT2D eigenvalue weighted by atomic mass is 9.82. The van der Waals surface area contributed by atoms with E-state index < -0.39 is 26.7 Å². The zero-order valence-electron chi connectivity index (χ0n) is 20.3. The number of sulfonamides is 1. The standard InChI is InChI=1S/C26H30F3N5O2S/c27-26(28,29)21-6-2-4-8-23(21)37(35,36)31-16-18-11-9-17(10-12-18)15-30-25-33-22-7-3-1-5-20(22)24(34-25)32-19-13-14-19/h1-8,17-19,31H,9-16H2,(H2,30,32,33,34). The van der Waals surface area contributed by atoms with E-state index in [1.54, 1.807) is 0 Å². The van der Waals surface area contributed by atoms with Crippen molar-refractivity contribution >= 4 is 32.7 Å². The number of halogens is 3. The third-order valence-electron chi connectivity index (χ3n) is 7.08. The third-order valence-corrected chi connectivity index (χ3v) is 8.56. The lowest BCUT2D eigenvalue weighted by Crippen LogP contribution is -2.33. The quantitative estimate of drug-likeness (QED) is 0.340. The van der Waals surface area contributed by atoms with E-state index in [4.69, 9.17) is 4.98 Å². The van der Waals surface area contributed by atoms with Crippen LogP contribution in [0.1, 0.15) is 44.1 Å². The predicted molar refractivity (Wildman–Crippen MR) is 137 cm³/mol. The number of aromatic nitrogens is 2. The van der Waals surface area contributed by atoms with Crippen molar-refractivity contribution < 1.29 is 21.6 Å². The zero-order chi connectivity index (χ0) is 26.0. The lowest BCUT2D eigenvalue weighted by Gasteiger charge is -2.29. The van der Waals surface area contributed by atoms with E-state index in [1.165, 1.54) is 12.1 Å². The number of hydrogen-bond donors (Lipinski definition) is 3. The molecule has 2 fully saturated rings. The molecule has 5 rings (SSSR count). The SMILES string of the molecule is O=S(=O)(NCC1CCC(CNc2nc(NC3CC3)c3ccccc3n2)CC1)c1ccccc1C(F)(F)F. The van der Waals surface area contributed by atoms with Crippen molar-refractivity contribution in [3.8, 4) is 0 Å². The Morgan fingerprint density at radius 1 is 0.838 bits per heavy atom. The van der Waals surface area contributed by atoms with Gasteiger partial charge in [0, 0.05) is 24.5 Å². The Morgan fingerprint density at radius 2 is 1.49 bits per heavy atom. The monoisotopic (exact) mass is 533 g/mol. The van der Waals surface area contributed by atoms with Crippen molar-refractivity contribution in [2.45, 2.75) is 55.6 Å². The number of para-hydroxylation sites is 1. The first-order chi connectivity index (χ1) is 17.7. The van der Waals surface area contributed by atoms with Crippen LogP contribution in [0.25, 0.3) is 10.9 Å². The molecule has 0 saturated heterocycles. The molecule has 0 amide bonds. The molecule has 198 valence electrons. The van der Waals surface area contributed by atoms with Gasteiger partial charge in [-0.2, -0.15) is 18.2 Å². The number of benzene rings is 2. The Labute approximate surface area is 214 Å². The average molecular weight is 534 g/mol. The number of hydrogen-bond acceptors (Lipinski definition) is 6. The fourth-order valence-corrected chi connectivity index (χ4v) is 6.14. The largest absolute Gasteiger partial charge is 0.417 e. The van der Waals surface area contributed by atoms with Gasteiger partial charge in [-0.25, -0.2) is 18.1 Å². The molecule has 37 heavy (non-hydrogen) atoms. The summed E-state index contributed by atoms with van der Waals surface area (Å²) in [7, 11) is -4.26. The minimum absolute atomic E-state index is 0.0790. The van der Waals surface area contributed by atoms with E-state index in [9.17, 15) is 21.6 Å². The summed E-state index contributed by atoms with van der Waals surface area (Å²) in [5.41, 5.74) is -0.269. The molecule has 0 atom stereocenters. The van der Waals surface area contributed by atoms with Crippen LogP contribution in [0.5, 0.6) is 0 Å². The van der Waals surface area contributed by atoms with Crippen LogP contribution in [0.2, 0.25) is 0 Å². The second kappa shape index (κ2) is 10.4. The lowest BCUT2D eigenvalue weighted by molar-refractivity contribution is -0.139. The van der Waals surface area contributed by atoms with Gasteiger partial charge in [-0.05, 0) is 74.6 Å². The molecule has 2 aliphatic carbocycles. The molecule has 2 aromatic carbocycles. The van der Waals surface area contributed by atoms with Gasteiger partial charge in [-0.1, -0.05) is 24.3 Å². The second-order valence-electron chi connectivity index (χ2n) is 9.95. The van der Waals surface area contributed by atoms with Gasteiger partial charge in [0.25, 0.3) is 0 Å². The molecule has 2 saturated carbocycles. The fraction of sp³-hybridized carbons (Fsp3) is 0.462. The molecule has 0 spiro atoms. The maximum atomic E-state index is 13.3. The van der Waals surface area contributed by atoms with Gasteiger partial charge in [-0.15, -0.1) is 0 Å². The molecule has 0 aliphatic heterocycles. The number of fused-ring (bicyclic) bond motifs is 1. The van der Waals surface area contributed by atoms with Crippen molar-refractivity contribution in [3.63, 3.8) is 0 Å². The van der Waals surface area contributed by atoms with Crippen LogP contribution < -0.4 is 15.4 Å². The van der Waals surface area contributed by atoms with Crippen LogP contribution >= 0.6 is 0 Å². The van der Waals surface area contributed by atoms with Crippen molar-refractivity contribution in [2.75, 3.05) is 23.7 Å². The number of alkyl halides is 3. The summed E-state index contributed by atoms with van der Waals surface area (Å²) >= 11 is 0. The zero-order valence-corrected chi connectivity index (χ0v) is 21.1. The van der Waals surface area contributed by atoms with Crippen LogP contribution in [-0.2, 0) is 16.2 Å². The highest BCUT2D eigenvalue weighted by molar-refractivity contribution is 7.89. The van der Waals surface area contributed by atoms with E-state index in [2.05, 4.69) is 20.3 Å². The highest BCUT2D eigenvalue weighted by atomic mass is 32.2. The van der Waals surface area contributed by atoms with Crippen molar-refractivity contribution in [3.05, 3.63) is 54.1 Å². The first-order valence-corrected chi connectivity index (χ1v) is 14.1. The summed E-state index contributed by atoms with van der Waals surface area (Å²) in [6.07, 6.45) is 0.925. The smallest absolute Gasteiger partial charge is 0.367 e. The molecule has 11 heteroatoms. The van der Waals surface area contributed by atoms with Crippen molar-refractivity contribution in [1.82, 2.24) is 14.7 Å². The summed E-state index contributed by atoms with van der Waals surface area (Å²) in [5, 5.41) is 7.86. The first-order valence-electron chi connectivity index (χ1n) is 12.6. The topological polar surface area (TPSA) is 96.0 Å². The first kappa shape index (κ1) is 25.7. The van der Waals surface area contributed by atoms with E-state index in [-0.39, 0.29) is 12.5 Å². The van der Waals surface area contributed by atoms with Gasteiger partial charge in [0.1, 0.15) is 5.82 Å². The van der Waals surface area contributed by atoms with Crippen LogP contribution in [0, 0.1) is 11.8 Å².